The number of anilines is 3. The minimum atomic E-state index is -0.750. The van der Waals surface area contributed by atoms with Crippen LogP contribution in [-0.2, 0) is 6.42 Å². The summed E-state index contributed by atoms with van der Waals surface area (Å²) >= 11 is 0. The molecule has 0 amide bonds. The van der Waals surface area contributed by atoms with Crippen molar-refractivity contribution >= 4 is 59.3 Å². The Bertz CT molecular complexity index is 2030. The topological polar surface area (TPSA) is 33.4 Å². The fourth-order valence-electron chi connectivity index (χ4n) is 6.40. The highest BCUT2D eigenvalue weighted by Crippen LogP contribution is 2.45. The molecule has 40 heavy (non-hydrogen) atoms. The molecule has 3 heterocycles. The molecule has 0 saturated heterocycles. The van der Waals surface area contributed by atoms with Crippen molar-refractivity contribution in [3.05, 3.63) is 125 Å². The van der Waals surface area contributed by atoms with Crippen LogP contribution >= 0.6 is 0 Å². The molecule has 0 bridgehead atoms. The smallest absolute Gasteiger partial charge is 0.221 e. The normalized spacial score (nSPS) is 14.9. The molecule has 8 rings (SSSR count). The van der Waals surface area contributed by atoms with Crippen LogP contribution < -0.4 is 4.90 Å². The van der Waals surface area contributed by atoms with Gasteiger partial charge >= 0.3 is 0 Å². The van der Waals surface area contributed by atoms with Crippen LogP contribution in [-0.4, -0.2) is 23.2 Å². The Morgan fingerprint density at radius 2 is 1.48 bits per heavy atom. The largest absolute Gasteiger partial charge is 0.280 e. The molecule has 0 fully saturated rings. The summed E-state index contributed by atoms with van der Waals surface area (Å²) in [5.41, 5.74) is 11.7. The maximum Gasteiger partial charge on any atom is 0.221 e. The van der Waals surface area contributed by atoms with E-state index in [1.165, 1.54) is 40.1 Å². The Kier molecular flexibility index (Phi) is 5.29. The number of benzene rings is 4. The average Bonchev–Trinajstić information content (AvgIpc) is 3.39. The van der Waals surface area contributed by atoms with E-state index >= 15 is 0 Å². The van der Waals surface area contributed by atoms with Crippen LogP contribution in [0.5, 0.6) is 0 Å². The van der Waals surface area contributed by atoms with Crippen molar-refractivity contribution in [3.8, 4) is 0 Å². The van der Waals surface area contributed by atoms with Crippen molar-refractivity contribution in [1.29, 1.82) is 0 Å². The average molecular weight is 535 g/mol. The van der Waals surface area contributed by atoms with Gasteiger partial charge in [-0.15, -0.1) is 0 Å². The van der Waals surface area contributed by atoms with Crippen LogP contribution in [0.15, 0.2) is 108 Å². The van der Waals surface area contributed by atoms with Gasteiger partial charge in [-0.1, -0.05) is 85.0 Å². The highest BCUT2D eigenvalue weighted by molar-refractivity contribution is 6.64. The van der Waals surface area contributed by atoms with Gasteiger partial charge in [-0.25, -0.2) is 9.97 Å². The van der Waals surface area contributed by atoms with Gasteiger partial charge in [-0.2, -0.15) is 0 Å². The predicted molar refractivity (Wildman–Crippen MR) is 170 cm³/mol. The monoisotopic (exact) mass is 534 g/mol. The summed E-state index contributed by atoms with van der Waals surface area (Å²) in [6.07, 6.45) is 7.97. The van der Waals surface area contributed by atoms with E-state index in [0.29, 0.717) is 0 Å². The lowest BCUT2D eigenvalue weighted by Crippen LogP contribution is -2.22. The van der Waals surface area contributed by atoms with Crippen LogP contribution in [0.1, 0.15) is 29.5 Å². The number of allylic oxidation sites excluding steroid dienone is 4. The van der Waals surface area contributed by atoms with Crippen LogP contribution in [0.4, 0.5) is 17.3 Å². The zero-order valence-electron chi connectivity index (χ0n) is 22.8. The number of nitrogens with zero attached hydrogens (tertiary/aromatic N) is 4. The molecule has 0 unspecified atom stereocenters. The van der Waals surface area contributed by atoms with Gasteiger partial charge in [0, 0.05) is 11.8 Å². The van der Waals surface area contributed by atoms with Crippen molar-refractivity contribution in [2.75, 3.05) is 4.90 Å². The van der Waals surface area contributed by atoms with E-state index in [9.17, 15) is 0 Å². The molecule has 0 N–H and O–H groups in total. The van der Waals surface area contributed by atoms with E-state index in [0.717, 1.165) is 46.4 Å². The second-order valence-corrected chi connectivity index (χ2v) is 14.3. The van der Waals surface area contributed by atoms with Crippen LogP contribution in [0, 0.1) is 0 Å². The molecule has 2 aliphatic rings. The third-order valence-electron chi connectivity index (χ3n) is 8.56. The number of aromatic nitrogens is 3. The lowest BCUT2D eigenvalue weighted by atomic mass is 9.91. The van der Waals surface area contributed by atoms with Gasteiger partial charge in [0.2, 0.25) is 5.95 Å². The quantitative estimate of drug-likeness (QED) is 0.213. The Morgan fingerprint density at radius 1 is 0.700 bits per heavy atom. The Hall–Kier alpha value is -4.48. The van der Waals surface area contributed by atoms with E-state index in [2.05, 4.69) is 126 Å². The van der Waals surface area contributed by atoms with Crippen molar-refractivity contribution in [2.45, 2.75) is 32.4 Å². The molecule has 1 aliphatic carbocycles. The molecule has 0 atom stereocenters. The molecule has 2 aromatic heterocycles. The first kappa shape index (κ1) is 23.4. The number of fused-ring (bicyclic) bond motifs is 7. The molecule has 4 nitrogen and oxygen atoms in total. The number of imidazole rings is 1. The molecular weight excluding hydrogens is 504 g/mol. The summed E-state index contributed by atoms with van der Waals surface area (Å²) in [6, 6.07) is 32.5. The zero-order valence-corrected chi connectivity index (χ0v) is 24.0. The second kappa shape index (κ2) is 9.03. The first-order valence-electron chi connectivity index (χ1n) is 14.2. The fraction of sp³-hybridized carbons (Fsp3) is 0.143. The molecule has 0 saturated carbocycles. The SMILES string of the molecule is C[SiH](C)C1=CC=C(c2ccc3c(c2)N(c2nc4ccccc4c4nc5ccccc5n24)c2ccccc2C3)CC1. The van der Waals surface area contributed by atoms with Gasteiger partial charge in [0.05, 0.1) is 36.7 Å². The number of para-hydroxylation sites is 4. The summed E-state index contributed by atoms with van der Waals surface area (Å²) in [6.45, 7) is 4.85. The highest BCUT2D eigenvalue weighted by atomic mass is 28.3. The number of hydrogen-bond donors (Lipinski definition) is 0. The summed E-state index contributed by atoms with van der Waals surface area (Å²) in [5.74, 6) is 0.874. The standard InChI is InChI=1S/C35H30N4Si/c1-40(2)27-19-17-23(18-20-27)24-15-16-26-21-25-9-3-7-13-31(25)38(33(26)22-24)35-37-29-11-5-4-10-28(29)34-36-30-12-6-8-14-32(30)39(34)35/h3-17,19,22,40H,18,20-21H2,1-2H3. The van der Waals surface area contributed by atoms with Crippen molar-refractivity contribution in [2.24, 2.45) is 0 Å². The summed E-state index contributed by atoms with van der Waals surface area (Å²) in [7, 11) is -0.750. The zero-order chi connectivity index (χ0) is 26.8. The summed E-state index contributed by atoms with van der Waals surface area (Å²) in [5, 5.41) is 2.73. The molecule has 194 valence electrons. The van der Waals surface area contributed by atoms with E-state index < -0.39 is 8.80 Å². The lowest BCUT2D eigenvalue weighted by molar-refractivity contribution is 1.00. The number of hydrogen-bond acceptors (Lipinski definition) is 3. The van der Waals surface area contributed by atoms with E-state index in [-0.39, 0.29) is 0 Å². The number of rotatable bonds is 3. The highest BCUT2D eigenvalue weighted by Gasteiger charge is 2.29. The van der Waals surface area contributed by atoms with Crippen molar-refractivity contribution < 1.29 is 0 Å². The maximum atomic E-state index is 5.35. The fourth-order valence-corrected chi connectivity index (χ4v) is 7.60. The first-order valence-corrected chi connectivity index (χ1v) is 17.1. The van der Waals surface area contributed by atoms with Crippen LogP contribution in [0.2, 0.25) is 13.1 Å². The summed E-state index contributed by atoms with van der Waals surface area (Å²) in [4.78, 5) is 12.8. The van der Waals surface area contributed by atoms with Crippen LogP contribution in [0.25, 0.3) is 33.2 Å². The van der Waals surface area contributed by atoms with Crippen molar-refractivity contribution in [1.82, 2.24) is 14.4 Å². The van der Waals surface area contributed by atoms with Crippen molar-refractivity contribution in [3.63, 3.8) is 0 Å². The van der Waals surface area contributed by atoms with Gasteiger partial charge in [0.15, 0.2) is 0 Å². The van der Waals surface area contributed by atoms with Gasteiger partial charge in [0.1, 0.15) is 5.65 Å². The van der Waals surface area contributed by atoms with Crippen LogP contribution in [0.3, 0.4) is 0 Å². The van der Waals surface area contributed by atoms with E-state index in [1.807, 2.05) is 0 Å². The Morgan fingerprint density at radius 3 is 2.33 bits per heavy atom. The van der Waals surface area contributed by atoms with Gasteiger partial charge in [-0.3, -0.25) is 9.30 Å². The molecule has 5 heteroatoms. The molecule has 6 aromatic rings. The van der Waals surface area contributed by atoms with Gasteiger partial charge in [0.25, 0.3) is 0 Å². The van der Waals surface area contributed by atoms with Gasteiger partial charge in [-0.05, 0) is 71.5 Å². The maximum absolute atomic E-state index is 5.35. The lowest BCUT2D eigenvalue weighted by Gasteiger charge is -2.33. The molecular formula is C35H30N4Si. The minimum absolute atomic E-state index is 0.750. The van der Waals surface area contributed by atoms with E-state index in [1.54, 1.807) is 5.20 Å². The molecule has 1 aliphatic heterocycles. The first-order chi connectivity index (χ1) is 19.7. The molecule has 0 radical (unpaired) electrons. The summed E-state index contributed by atoms with van der Waals surface area (Å²) < 4.78 is 2.25. The Labute approximate surface area is 235 Å². The predicted octanol–water partition coefficient (Wildman–Crippen LogP) is 8.54. The third kappa shape index (κ3) is 3.58. The second-order valence-electron chi connectivity index (χ2n) is 11.3. The molecule has 0 spiro atoms. The van der Waals surface area contributed by atoms with Gasteiger partial charge < -0.3 is 0 Å². The third-order valence-corrected chi connectivity index (χ3v) is 10.5. The Balaban J connectivity index is 1.41. The van der Waals surface area contributed by atoms with E-state index in [4.69, 9.17) is 9.97 Å². The minimum Gasteiger partial charge on any atom is -0.280 e. The molecule has 4 aromatic carbocycles.